The minimum absolute atomic E-state index is 0.154. The Morgan fingerprint density at radius 2 is 1.09 bits per heavy atom. The number of hydrogen-bond donors (Lipinski definition) is 3. The normalized spacial score (nSPS) is 11.1. The van der Waals surface area contributed by atoms with Gasteiger partial charge in [-0.25, -0.2) is 4.79 Å². The average molecular weight is 605 g/mol. The van der Waals surface area contributed by atoms with Gasteiger partial charge in [0.15, 0.2) is 0 Å². The van der Waals surface area contributed by atoms with Gasteiger partial charge in [-0.1, -0.05) is 66.7 Å². The number of urea groups is 1. The number of hydrogen-bond acceptors (Lipinski definition) is 7. The topological polar surface area (TPSA) is 115 Å². The van der Waals surface area contributed by atoms with Gasteiger partial charge in [-0.05, 0) is 65.2 Å². The smallest absolute Gasteiger partial charge is 0.315 e. The number of carbonyl (C=O) groups is 1. The van der Waals surface area contributed by atoms with Gasteiger partial charge < -0.3 is 30.0 Å². The van der Waals surface area contributed by atoms with Crippen molar-refractivity contribution in [2.45, 2.75) is 31.9 Å². The van der Waals surface area contributed by atoms with Crippen LogP contribution in [0.15, 0.2) is 115 Å². The number of nitrogens with one attached hydrogen (secondary N) is 2. The quantitative estimate of drug-likeness (QED) is 0.152. The van der Waals surface area contributed by atoms with Crippen molar-refractivity contribution >= 4 is 6.03 Å². The van der Waals surface area contributed by atoms with Gasteiger partial charge in [-0.3, -0.25) is 9.97 Å². The van der Waals surface area contributed by atoms with Crippen LogP contribution in [0.5, 0.6) is 11.5 Å². The standard InChI is InChI=1S/C36H36N4O5/c1-43-33-18-14-27(15-19-33)36(26-8-4-3-5-9-26,28-16-20-34(44-2)21-17-28)45-25-32-13-7-11-30(40-32)23-38-35(42)37-22-29-10-6-12-31(24-41)39-29/h3-21,41H,22-25H2,1-2H3,(H2,37,38,42). The zero-order chi connectivity index (χ0) is 31.5. The van der Waals surface area contributed by atoms with Crippen LogP contribution in [0.25, 0.3) is 0 Å². The zero-order valence-corrected chi connectivity index (χ0v) is 25.3. The molecule has 0 saturated heterocycles. The molecule has 2 amide bonds. The van der Waals surface area contributed by atoms with Gasteiger partial charge in [0.2, 0.25) is 0 Å². The Morgan fingerprint density at radius 1 is 0.622 bits per heavy atom. The van der Waals surface area contributed by atoms with Gasteiger partial charge in [0.05, 0.1) is 63.3 Å². The maximum absolute atomic E-state index is 12.5. The minimum atomic E-state index is -0.975. The molecule has 9 nitrogen and oxygen atoms in total. The van der Waals surface area contributed by atoms with E-state index in [2.05, 4.69) is 27.8 Å². The fourth-order valence-corrected chi connectivity index (χ4v) is 5.08. The summed E-state index contributed by atoms with van der Waals surface area (Å²) in [6.07, 6.45) is 0. The lowest BCUT2D eigenvalue weighted by atomic mass is 9.80. The molecule has 0 aliphatic carbocycles. The van der Waals surface area contributed by atoms with Gasteiger partial charge in [0, 0.05) is 0 Å². The first-order valence-corrected chi connectivity index (χ1v) is 14.5. The number of amides is 2. The van der Waals surface area contributed by atoms with E-state index in [-0.39, 0.29) is 32.3 Å². The fourth-order valence-electron chi connectivity index (χ4n) is 5.08. The molecular formula is C36H36N4O5. The third kappa shape index (κ3) is 7.64. The first-order chi connectivity index (χ1) is 22.0. The van der Waals surface area contributed by atoms with E-state index in [1.165, 1.54) is 0 Å². The summed E-state index contributed by atoms with van der Waals surface area (Å²) in [5.41, 5.74) is 4.43. The number of benzene rings is 3. The van der Waals surface area contributed by atoms with E-state index >= 15 is 0 Å². The monoisotopic (exact) mass is 604 g/mol. The van der Waals surface area contributed by atoms with Crippen molar-refractivity contribution in [3.63, 3.8) is 0 Å². The van der Waals surface area contributed by atoms with Crippen LogP contribution in [0, 0.1) is 0 Å². The number of pyridine rings is 2. The summed E-state index contributed by atoms with van der Waals surface area (Å²) >= 11 is 0. The van der Waals surface area contributed by atoms with Crippen molar-refractivity contribution in [2.24, 2.45) is 0 Å². The van der Waals surface area contributed by atoms with E-state index in [0.717, 1.165) is 28.2 Å². The average Bonchev–Trinajstić information content (AvgIpc) is 3.11. The van der Waals surface area contributed by atoms with Gasteiger partial charge in [0.1, 0.15) is 17.1 Å². The molecule has 3 N–H and O–H groups in total. The molecule has 0 fully saturated rings. The second-order valence-electron chi connectivity index (χ2n) is 10.2. The predicted octanol–water partition coefficient (Wildman–Crippen LogP) is 5.49. The van der Waals surface area contributed by atoms with E-state index in [1.807, 2.05) is 84.9 Å². The third-order valence-electron chi connectivity index (χ3n) is 7.36. The van der Waals surface area contributed by atoms with Gasteiger partial charge >= 0.3 is 6.03 Å². The highest BCUT2D eigenvalue weighted by Gasteiger charge is 2.38. The lowest BCUT2D eigenvalue weighted by Gasteiger charge is -2.36. The SMILES string of the molecule is COc1ccc(C(OCc2cccc(CNC(=O)NCc3cccc(CO)n3)n2)(c2ccccc2)c2ccc(OC)cc2)cc1. The summed E-state index contributed by atoms with van der Waals surface area (Å²) in [6.45, 7) is 0.502. The summed E-state index contributed by atoms with van der Waals surface area (Å²) < 4.78 is 17.8. The molecule has 3 aromatic carbocycles. The van der Waals surface area contributed by atoms with Crippen LogP contribution in [0.4, 0.5) is 4.79 Å². The van der Waals surface area contributed by atoms with Crippen LogP contribution >= 0.6 is 0 Å². The number of rotatable bonds is 13. The highest BCUT2D eigenvalue weighted by molar-refractivity contribution is 5.73. The Morgan fingerprint density at radius 3 is 1.60 bits per heavy atom. The first kappa shape index (κ1) is 31.2. The molecule has 0 unspecified atom stereocenters. The first-order valence-electron chi connectivity index (χ1n) is 14.5. The molecule has 0 spiro atoms. The molecule has 0 atom stereocenters. The van der Waals surface area contributed by atoms with Crippen LogP contribution in [0.3, 0.4) is 0 Å². The summed E-state index contributed by atoms with van der Waals surface area (Å²) in [6, 6.07) is 36.4. The number of aliphatic hydroxyl groups excluding tert-OH is 1. The molecule has 5 rings (SSSR count). The van der Waals surface area contributed by atoms with Gasteiger partial charge in [-0.15, -0.1) is 0 Å². The number of ether oxygens (including phenoxy) is 3. The van der Waals surface area contributed by atoms with Crippen molar-refractivity contribution in [2.75, 3.05) is 14.2 Å². The molecule has 2 heterocycles. The number of aromatic nitrogens is 2. The Kier molecular flexibility index (Phi) is 10.4. The molecule has 2 aromatic heterocycles. The Labute approximate surface area is 262 Å². The van der Waals surface area contributed by atoms with Crippen LogP contribution in [-0.2, 0) is 36.6 Å². The van der Waals surface area contributed by atoms with Gasteiger partial charge in [0.25, 0.3) is 0 Å². The molecule has 5 aromatic rings. The molecular weight excluding hydrogens is 568 g/mol. The predicted molar refractivity (Wildman–Crippen MR) is 171 cm³/mol. The highest BCUT2D eigenvalue weighted by atomic mass is 16.5. The molecule has 45 heavy (non-hydrogen) atoms. The van der Waals surface area contributed by atoms with E-state index in [9.17, 15) is 9.90 Å². The van der Waals surface area contributed by atoms with Crippen molar-refractivity contribution in [1.29, 1.82) is 0 Å². The Bertz CT molecular complexity index is 1630. The largest absolute Gasteiger partial charge is 0.497 e. The molecule has 0 bridgehead atoms. The number of methoxy groups -OCH3 is 2. The maximum atomic E-state index is 12.5. The van der Waals surface area contributed by atoms with Crippen LogP contribution in [0.2, 0.25) is 0 Å². The third-order valence-corrected chi connectivity index (χ3v) is 7.36. The summed E-state index contributed by atoms with van der Waals surface area (Å²) in [7, 11) is 3.29. The Balaban J connectivity index is 1.36. The van der Waals surface area contributed by atoms with Crippen LogP contribution in [-0.4, -0.2) is 35.3 Å². The lowest BCUT2D eigenvalue weighted by molar-refractivity contribution is -0.00152. The van der Waals surface area contributed by atoms with Gasteiger partial charge in [-0.2, -0.15) is 0 Å². The van der Waals surface area contributed by atoms with E-state index in [1.54, 1.807) is 32.4 Å². The second-order valence-corrected chi connectivity index (χ2v) is 10.2. The fraction of sp³-hybridized carbons (Fsp3) is 0.194. The zero-order valence-electron chi connectivity index (χ0n) is 25.3. The van der Waals surface area contributed by atoms with Crippen molar-refractivity contribution in [1.82, 2.24) is 20.6 Å². The molecule has 230 valence electrons. The molecule has 0 aliphatic heterocycles. The lowest BCUT2D eigenvalue weighted by Crippen LogP contribution is -2.35. The van der Waals surface area contributed by atoms with Crippen molar-refractivity contribution in [3.8, 4) is 11.5 Å². The van der Waals surface area contributed by atoms with Crippen molar-refractivity contribution in [3.05, 3.63) is 155 Å². The molecule has 0 aliphatic rings. The van der Waals surface area contributed by atoms with E-state index in [4.69, 9.17) is 19.2 Å². The molecule has 9 heteroatoms. The number of nitrogens with zero attached hydrogens (tertiary/aromatic N) is 2. The Hall–Kier alpha value is -5.25. The van der Waals surface area contributed by atoms with E-state index in [0.29, 0.717) is 22.8 Å². The molecule has 0 saturated carbocycles. The number of carbonyl (C=O) groups excluding carboxylic acids is 1. The highest BCUT2D eigenvalue weighted by Crippen LogP contribution is 2.42. The summed E-state index contributed by atoms with van der Waals surface area (Å²) in [4.78, 5) is 21.5. The van der Waals surface area contributed by atoms with Crippen molar-refractivity contribution < 1.29 is 24.1 Å². The maximum Gasteiger partial charge on any atom is 0.315 e. The minimum Gasteiger partial charge on any atom is -0.497 e. The second kappa shape index (κ2) is 15.0. The summed E-state index contributed by atoms with van der Waals surface area (Å²) in [5, 5.41) is 14.9. The summed E-state index contributed by atoms with van der Waals surface area (Å²) in [5.74, 6) is 1.49. The van der Waals surface area contributed by atoms with Crippen LogP contribution in [0.1, 0.15) is 39.5 Å². The van der Waals surface area contributed by atoms with E-state index < -0.39 is 5.60 Å². The number of aliphatic hydroxyl groups is 1. The van der Waals surface area contributed by atoms with Crippen LogP contribution < -0.4 is 20.1 Å². The molecule has 0 radical (unpaired) electrons.